The fourth-order valence-corrected chi connectivity index (χ4v) is 0. The van der Waals surface area contributed by atoms with Gasteiger partial charge in [-0.25, -0.2) is 0 Å². The Morgan fingerprint density at radius 1 is 1.80 bits per heavy atom. The average Bonchev–Trinajstić information content (AvgIpc) is 1.38. The van der Waals surface area contributed by atoms with E-state index in [9.17, 15) is 0 Å². The van der Waals surface area contributed by atoms with Gasteiger partial charge in [0, 0.05) is 0 Å². The standard InChI is InChI=1S/C4H8S/c1-3-4(2)5/h3,5H,1-2H3/b4-3+. The number of hydrogen-bond donors (Lipinski definition) is 1. The van der Waals surface area contributed by atoms with Crippen molar-refractivity contribution in [1.82, 2.24) is 0 Å². The van der Waals surface area contributed by atoms with Gasteiger partial charge in [-0.3, -0.25) is 0 Å². The summed E-state index contributed by atoms with van der Waals surface area (Å²) in [5, 5.41) is 0. The highest BCUT2D eigenvalue weighted by molar-refractivity contribution is 7.84. The Balaban J connectivity index is 3.14. The third-order valence-electron chi connectivity index (χ3n) is 0.418. The second-order valence-corrected chi connectivity index (χ2v) is 1.64. The Morgan fingerprint density at radius 3 is 2.00 bits per heavy atom. The largest absolute Gasteiger partial charge is 0.149 e. The van der Waals surface area contributed by atoms with Gasteiger partial charge < -0.3 is 0 Å². The van der Waals surface area contributed by atoms with E-state index in [1.165, 1.54) is 0 Å². The lowest BCUT2D eigenvalue weighted by Gasteiger charge is -1.73. The minimum absolute atomic E-state index is 1.07. The van der Waals surface area contributed by atoms with Crippen LogP contribution in [0.25, 0.3) is 0 Å². The Morgan fingerprint density at radius 2 is 2.00 bits per heavy atom. The molecule has 0 heterocycles. The third-order valence-corrected chi connectivity index (χ3v) is 0.676. The highest BCUT2D eigenvalue weighted by Gasteiger charge is 1.61. The molecule has 5 heavy (non-hydrogen) atoms. The van der Waals surface area contributed by atoms with Crippen molar-refractivity contribution in [3.63, 3.8) is 0 Å². The number of allylic oxidation sites excluding steroid dienone is 2. The molecule has 0 saturated heterocycles. The summed E-state index contributed by atoms with van der Waals surface area (Å²) in [5.74, 6) is 0. The summed E-state index contributed by atoms with van der Waals surface area (Å²) in [7, 11) is 0. The van der Waals surface area contributed by atoms with Crippen LogP contribution in [0.1, 0.15) is 13.8 Å². The van der Waals surface area contributed by atoms with Crippen LogP contribution in [0.4, 0.5) is 0 Å². The van der Waals surface area contributed by atoms with Crippen LogP contribution < -0.4 is 0 Å². The fraction of sp³-hybridized carbons (Fsp3) is 0.500. The van der Waals surface area contributed by atoms with E-state index in [0.717, 1.165) is 4.91 Å². The van der Waals surface area contributed by atoms with Crippen molar-refractivity contribution in [2.24, 2.45) is 0 Å². The summed E-state index contributed by atoms with van der Waals surface area (Å²) >= 11 is 3.96. The van der Waals surface area contributed by atoms with Crippen LogP contribution in [0.3, 0.4) is 0 Å². The van der Waals surface area contributed by atoms with Crippen LogP contribution in [0, 0.1) is 0 Å². The van der Waals surface area contributed by atoms with E-state index in [1.54, 1.807) is 0 Å². The van der Waals surface area contributed by atoms with Gasteiger partial charge in [-0.1, -0.05) is 6.08 Å². The molecule has 0 amide bonds. The van der Waals surface area contributed by atoms with E-state index in [1.807, 2.05) is 19.9 Å². The first kappa shape index (κ1) is 5.09. The molecule has 0 saturated carbocycles. The van der Waals surface area contributed by atoms with Gasteiger partial charge >= 0.3 is 0 Å². The highest BCUT2D eigenvalue weighted by atomic mass is 32.1. The first-order valence-corrected chi connectivity index (χ1v) is 2.04. The molecule has 0 aliphatic rings. The van der Waals surface area contributed by atoms with E-state index in [0.29, 0.717) is 0 Å². The Hall–Kier alpha value is 0.0900. The van der Waals surface area contributed by atoms with E-state index in [4.69, 9.17) is 0 Å². The van der Waals surface area contributed by atoms with Gasteiger partial charge in [-0.05, 0) is 18.8 Å². The van der Waals surface area contributed by atoms with Crippen molar-refractivity contribution in [3.05, 3.63) is 11.0 Å². The lowest BCUT2D eigenvalue weighted by Crippen LogP contribution is -1.45. The fourth-order valence-electron chi connectivity index (χ4n) is 0. The SMILES string of the molecule is C/C=C(\C)S. The van der Waals surface area contributed by atoms with E-state index in [2.05, 4.69) is 12.6 Å². The molecule has 0 fully saturated rings. The van der Waals surface area contributed by atoms with Crippen LogP contribution in [0.2, 0.25) is 0 Å². The van der Waals surface area contributed by atoms with Crippen LogP contribution in [0.15, 0.2) is 11.0 Å². The van der Waals surface area contributed by atoms with Crippen LogP contribution >= 0.6 is 12.6 Å². The molecule has 1 heteroatoms. The van der Waals surface area contributed by atoms with Crippen molar-refractivity contribution in [2.45, 2.75) is 13.8 Å². The summed E-state index contributed by atoms with van der Waals surface area (Å²) < 4.78 is 0. The van der Waals surface area contributed by atoms with Crippen LogP contribution in [0.5, 0.6) is 0 Å². The Labute approximate surface area is 38.3 Å². The minimum Gasteiger partial charge on any atom is -0.149 e. The van der Waals surface area contributed by atoms with Crippen molar-refractivity contribution in [3.8, 4) is 0 Å². The van der Waals surface area contributed by atoms with Gasteiger partial charge in [0.2, 0.25) is 0 Å². The summed E-state index contributed by atoms with van der Waals surface area (Å²) in [5.41, 5.74) is 0. The molecule has 0 aromatic heterocycles. The predicted octanol–water partition coefficient (Wildman–Crippen LogP) is 1.84. The topological polar surface area (TPSA) is 0 Å². The summed E-state index contributed by atoms with van der Waals surface area (Å²) in [6, 6.07) is 0. The van der Waals surface area contributed by atoms with Crippen molar-refractivity contribution in [1.29, 1.82) is 0 Å². The Bertz CT molecular complexity index is 41.6. The van der Waals surface area contributed by atoms with E-state index in [-0.39, 0.29) is 0 Å². The van der Waals surface area contributed by atoms with Gasteiger partial charge in [0.1, 0.15) is 0 Å². The molecule has 0 bridgehead atoms. The average molecular weight is 88.2 g/mol. The van der Waals surface area contributed by atoms with Crippen molar-refractivity contribution < 1.29 is 0 Å². The molecule has 0 nitrogen and oxygen atoms in total. The van der Waals surface area contributed by atoms with Crippen molar-refractivity contribution >= 4 is 12.6 Å². The lowest BCUT2D eigenvalue weighted by molar-refractivity contribution is 1.61. The maximum absolute atomic E-state index is 3.96. The summed E-state index contributed by atoms with van der Waals surface area (Å²) in [4.78, 5) is 1.07. The smallest absolute Gasteiger partial charge is 0.0258 e. The summed E-state index contributed by atoms with van der Waals surface area (Å²) in [6.45, 7) is 3.91. The maximum Gasteiger partial charge on any atom is -0.0258 e. The third kappa shape index (κ3) is 4.09. The molecule has 0 radical (unpaired) electrons. The van der Waals surface area contributed by atoms with Gasteiger partial charge in [-0.2, -0.15) is 0 Å². The number of hydrogen-bond acceptors (Lipinski definition) is 1. The minimum atomic E-state index is 1.07. The normalized spacial score (nSPS) is 12.2. The zero-order chi connectivity index (χ0) is 4.28. The first-order chi connectivity index (χ1) is 2.27. The molecule has 0 unspecified atom stereocenters. The van der Waals surface area contributed by atoms with Crippen LogP contribution in [-0.2, 0) is 0 Å². The highest BCUT2D eigenvalue weighted by Crippen LogP contribution is 1.92. The molecule has 0 aromatic rings. The number of thiol groups is 1. The molecule has 30 valence electrons. The molecule has 0 spiro atoms. The van der Waals surface area contributed by atoms with Gasteiger partial charge in [-0.15, -0.1) is 12.6 Å². The quantitative estimate of drug-likeness (QED) is 0.429. The predicted molar refractivity (Wildman–Crippen MR) is 28.4 cm³/mol. The molecule has 0 aromatic carbocycles. The summed E-state index contributed by atoms with van der Waals surface area (Å²) in [6.07, 6.45) is 1.95. The van der Waals surface area contributed by atoms with E-state index < -0.39 is 0 Å². The molecule has 0 aliphatic carbocycles. The molecule has 0 atom stereocenters. The molecular formula is C4H8S. The zero-order valence-electron chi connectivity index (χ0n) is 3.52. The molecular weight excluding hydrogens is 80.1 g/mol. The zero-order valence-corrected chi connectivity index (χ0v) is 4.42. The monoisotopic (exact) mass is 88.0 g/mol. The first-order valence-electron chi connectivity index (χ1n) is 1.59. The van der Waals surface area contributed by atoms with Crippen molar-refractivity contribution in [2.75, 3.05) is 0 Å². The second kappa shape index (κ2) is 2.33. The molecule has 0 aliphatic heterocycles. The Kier molecular flexibility index (Phi) is 2.38. The van der Waals surface area contributed by atoms with Crippen LogP contribution in [-0.4, -0.2) is 0 Å². The van der Waals surface area contributed by atoms with Gasteiger partial charge in [0.05, 0.1) is 0 Å². The number of rotatable bonds is 0. The molecule has 0 N–H and O–H groups in total. The second-order valence-electron chi connectivity index (χ2n) is 0.930. The maximum atomic E-state index is 3.96. The van der Waals surface area contributed by atoms with E-state index >= 15 is 0 Å². The van der Waals surface area contributed by atoms with Gasteiger partial charge in [0.25, 0.3) is 0 Å². The van der Waals surface area contributed by atoms with Gasteiger partial charge in [0.15, 0.2) is 0 Å². The lowest BCUT2D eigenvalue weighted by atomic mass is 10.6. The molecule has 0 rings (SSSR count).